The van der Waals surface area contributed by atoms with Gasteiger partial charge in [0.1, 0.15) is 12.4 Å². The van der Waals surface area contributed by atoms with Crippen molar-refractivity contribution in [2.24, 2.45) is 0 Å². The quantitative estimate of drug-likeness (QED) is 0.705. The highest BCUT2D eigenvalue weighted by Gasteiger charge is 2.22. The number of halogens is 1. The van der Waals surface area contributed by atoms with Crippen molar-refractivity contribution < 1.29 is 4.74 Å². The number of fused-ring (bicyclic) bond motifs is 2. The molecule has 0 N–H and O–H groups in total. The van der Waals surface area contributed by atoms with E-state index in [9.17, 15) is 0 Å². The first-order chi connectivity index (χ1) is 8.25. The second kappa shape index (κ2) is 4.04. The molecule has 1 aromatic heterocycles. The van der Waals surface area contributed by atoms with Crippen LogP contribution in [-0.4, -0.2) is 4.98 Å². The van der Waals surface area contributed by atoms with Gasteiger partial charge in [-0.2, -0.15) is 0 Å². The lowest BCUT2D eigenvalue weighted by Crippen LogP contribution is -2.01. The van der Waals surface area contributed by atoms with Crippen molar-refractivity contribution in [3.63, 3.8) is 0 Å². The molecule has 86 valence electrons. The van der Waals surface area contributed by atoms with E-state index in [4.69, 9.17) is 16.3 Å². The van der Waals surface area contributed by atoms with E-state index in [1.165, 1.54) is 0 Å². The van der Waals surface area contributed by atoms with Gasteiger partial charge >= 0.3 is 0 Å². The van der Waals surface area contributed by atoms with Gasteiger partial charge in [0, 0.05) is 28.3 Å². The number of aromatic nitrogens is 1. The minimum absolute atomic E-state index is 0.237. The van der Waals surface area contributed by atoms with Gasteiger partial charge in [-0.05, 0) is 18.2 Å². The maximum Gasteiger partial charge on any atom is 0.125 e. The van der Waals surface area contributed by atoms with Gasteiger partial charge in [0.05, 0.1) is 5.69 Å². The normalized spacial score (nSPS) is 17.6. The van der Waals surface area contributed by atoms with Crippen LogP contribution in [0.2, 0.25) is 5.02 Å². The lowest BCUT2D eigenvalue weighted by molar-refractivity contribution is 0.306. The zero-order valence-electron chi connectivity index (χ0n) is 9.48. The Kier molecular flexibility index (Phi) is 2.52. The van der Waals surface area contributed by atoms with E-state index in [1.54, 1.807) is 0 Å². The molecule has 2 aromatic rings. The zero-order valence-corrected chi connectivity index (χ0v) is 10.2. The Balaban J connectivity index is 2.16. The fraction of sp³-hybridized carbons (Fsp3) is 0.214. The number of ether oxygens (including phenoxy) is 1. The Morgan fingerprint density at radius 2 is 2.24 bits per heavy atom. The first-order valence-corrected chi connectivity index (χ1v) is 5.99. The predicted octanol–water partition coefficient (Wildman–Crippen LogP) is 3.78. The predicted molar refractivity (Wildman–Crippen MR) is 67.5 cm³/mol. The average molecular weight is 246 g/mol. The van der Waals surface area contributed by atoms with Crippen LogP contribution in [0.4, 0.5) is 0 Å². The van der Waals surface area contributed by atoms with Crippen molar-refractivity contribution in [2.75, 3.05) is 0 Å². The molecule has 0 bridgehead atoms. The molecular formula is C14H12ClNO. The van der Waals surface area contributed by atoms with Crippen LogP contribution >= 0.6 is 11.6 Å². The Hall–Kier alpha value is -1.54. The number of rotatable bonds is 0. The molecule has 3 heteroatoms. The monoisotopic (exact) mass is 245 g/mol. The summed E-state index contributed by atoms with van der Waals surface area (Å²) in [6.45, 7) is 2.70. The van der Waals surface area contributed by atoms with Crippen molar-refractivity contribution in [1.29, 1.82) is 0 Å². The van der Waals surface area contributed by atoms with Gasteiger partial charge in [0.15, 0.2) is 0 Å². The highest BCUT2D eigenvalue weighted by atomic mass is 35.5. The van der Waals surface area contributed by atoms with Gasteiger partial charge in [0.2, 0.25) is 0 Å². The van der Waals surface area contributed by atoms with E-state index in [2.05, 4.69) is 18.0 Å². The number of pyridine rings is 1. The summed E-state index contributed by atoms with van der Waals surface area (Å²) in [5, 5.41) is 0.704. The molecule has 2 nitrogen and oxygen atoms in total. The lowest BCUT2D eigenvalue weighted by atomic mass is 9.94. The Bertz CT molecular complexity index is 568. The van der Waals surface area contributed by atoms with Gasteiger partial charge in [-0.15, -0.1) is 0 Å². The van der Waals surface area contributed by atoms with Crippen LogP contribution in [0.25, 0.3) is 0 Å². The second-order valence-corrected chi connectivity index (χ2v) is 4.68. The molecule has 1 aromatic carbocycles. The number of nitrogens with zero attached hydrogens (tertiary/aromatic N) is 1. The number of hydrogen-bond donors (Lipinski definition) is 0. The molecule has 3 rings (SSSR count). The summed E-state index contributed by atoms with van der Waals surface area (Å²) < 4.78 is 5.80. The van der Waals surface area contributed by atoms with Gasteiger partial charge in [-0.1, -0.05) is 30.7 Å². The third kappa shape index (κ3) is 1.79. The van der Waals surface area contributed by atoms with Crippen molar-refractivity contribution in [3.8, 4) is 5.75 Å². The molecule has 0 radical (unpaired) electrons. The van der Waals surface area contributed by atoms with Gasteiger partial charge in [0.25, 0.3) is 0 Å². The van der Waals surface area contributed by atoms with Gasteiger partial charge in [-0.25, -0.2) is 0 Å². The van der Waals surface area contributed by atoms with Crippen LogP contribution in [0, 0.1) is 0 Å². The van der Waals surface area contributed by atoms with Crippen molar-refractivity contribution >= 4 is 11.6 Å². The van der Waals surface area contributed by atoms with Crippen LogP contribution in [0.3, 0.4) is 0 Å². The summed E-state index contributed by atoms with van der Waals surface area (Å²) in [5.41, 5.74) is 3.38. The highest BCUT2D eigenvalue weighted by molar-refractivity contribution is 6.30. The molecule has 2 heterocycles. The molecule has 0 amide bonds. The minimum Gasteiger partial charge on any atom is -0.488 e. The van der Waals surface area contributed by atoms with Gasteiger partial charge in [-0.3, -0.25) is 4.98 Å². The highest BCUT2D eigenvalue weighted by Crippen LogP contribution is 2.37. The molecule has 1 atom stereocenters. The smallest absolute Gasteiger partial charge is 0.125 e. The summed E-state index contributed by atoms with van der Waals surface area (Å²) in [6, 6.07) is 9.80. The Morgan fingerprint density at radius 1 is 1.35 bits per heavy atom. The molecule has 0 saturated heterocycles. The molecule has 0 aliphatic carbocycles. The van der Waals surface area contributed by atoms with E-state index in [0.29, 0.717) is 11.6 Å². The third-order valence-electron chi connectivity index (χ3n) is 3.16. The van der Waals surface area contributed by atoms with Crippen LogP contribution in [0.15, 0.2) is 36.5 Å². The maximum absolute atomic E-state index is 5.99. The van der Waals surface area contributed by atoms with Crippen molar-refractivity contribution in [2.45, 2.75) is 19.4 Å². The van der Waals surface area contributed by atoms with Crippen molar-refractivity contribution in [3.05, 3.63) is 58.4 Å². The standard InChI is InChI=1S/C14H12ClNO/c1-9-12-5-4-11(15)7-13(12)17-8-10-3-2-6-16-14(9)10/h2-7,9H,8H2,1H3/t9-/m0/s1. The van der Waals surface area contributed by atoms with Crippen molar-refractivity contribution in [1.82, 2.24) is 4.98 Å². The second-order valence-electron chi connectivity index (χ2n) is 4.24. The molecule has 17 heavy (non-hydrogen) atoms. The van der Waals surface area contributed by atoms with E-state index in [1.807, 2.05) is 30.5 Å². The average Bonchev–Trinajstić information content (AvgIpc) is 2.48. The SMILES string of the molecule is C[C@H]1c2ccc(Cl)cc2OCc2cccnc21. The largest absolute Gasteiger partial charge is 0.488 e. The van der Waals surface area contributed by atoms with E-state index in [-0.39, 0.29) is 5.92 Å². The van der Waals surface area contributed by atoms with Gasteiger partial charge < -0.3 is 4.74 Å². The zero-order chi connectivity index (χ0) is 11.8. The third-order valence-corrected chi connectivity index (χ3v) is 3.40. The summed E-state index contributed by atoms with van der Waals surface area (Å²) >= 11 is 5.99. The number of benzene rings is 1. The van der Waals surface area contributed by atoms with E-state index >= 15 is 0 Å². The molecule has 0 spiro atoms. The molecule has 1 aliphatic rings. The maximum atomic E-state index is 5.99. The summed E-state index contributed by atoms with van der Waals surface area (Å²) in [7, 11) is 0. The molecule has 1 aliphatic heterocycles. The summed E-state index contributed by atoms with van der Waals surface area (Å²) in [5.74, 6) is 1.10. The minimum atomic E-state index is 0.237. The molecule has 0 fully saturated rings. The van der Waals surface area contributed by atoms with E-state index < -0.39 is 0 Å². The van der Waals surface area contributed by atoms with Crippen LogP contribution in [0.1, 0.15) is 29.7 Å². The van der Waals surface area contributed by atoms with E-state index in [0.717, 1.165) is 22.6 Å². The fourth-order valence-electron chi connectivity index (χ4n) is 2.26. The fourth-order valence-corrected chi connectivity index (χ4v) is 2.42. The van der Waals surface area contributed by atoms with Crippen LogP contribution < -0.4 is 4.74 Å². The lowest BCUT2D eigenvalue weighted by Gasteiger charge is -2.12. The Morgan fingerprint density at radius 3 is 3.12 bits per heavy atom. The first kappa shape index (κ1) is 10.6. The molecular weight excluding hydrogens is 234 g/mol. The number of hydrogen-bond acceptors (Lipinski definition) is 2. The molecule has 0 unspecified atom stereocenters. The first-order valence-electron chi connectivity index (χ1n) is 5.62. The van der Waals surface area contributed by atoms with Crippen LogP contribution in [-0.2, 0) is 6.61 Å². The van der Waals surface area contributed by atoms with Crippen LogP contribution in [0.5, 0.6) is 5.75 Å². The molecule has 0 saturated carbocycles. The summed E-state index contributed by atoms with van der Waals surface area (Å²) in [6.07, 6.45) is 1.83. The topological polar surface area (TPSA) is 22.1 Å². The summed E-state index contributed by atoms with van der Waals surface area (Å²) in [4.78, 5) is 4.47. The Labute approximate surface area is 105 Å².